The lowest BCUT2D eigenvalue weighted by Crippen LogP contribution is -2.19. The Kier molecular flexibility index (Phi) is 5.23. The number of hydrogen-bond donors (Lipinski definition) is 1. The van der Waals surface area contributed by atoms with E-state index in [1.165, 1.54) is 24.3 Å². The van der Waals surface area contributed by atoms with Crippen LogP contribution >= 0.6 is 0 Å². The van der Waals surface area contributed by atoms with Crippen molar-refractivity contribution >= 4 is 11.5 Å². The van der Waals surface area contributed by atoms with Crippen LogP contribution in [-0.4, -0.2) is 12.4 Å². The number of ketones is 1. The molecule has 2 aromatic rings. The lowest BCUT2D eigenvalue weighted by atomic mass is 9.87. The largest absolute Gasteiger partial charge is 0.487 e. The number of allylic oxidation sites excluding steroid dienone is 2. The predicted octanol–water partition coefficient (Wildman–Crippen LogP) is 3.61. The van der Waals surface area contributed by atoms with E-state index in [2.05, 4.69) is 0 Å². The molecule has 1 aliphatic heterocycles. The van der Waals surface area contributed by atoms with Crippen LogP contribution < -0.4 is 5.73 Å². The Balaban J connectivity index is 2.22. The lowest BCUT2D eigenvalue weighted by Gasteiger charge is -2.16. The van der Waals surface area contributed by atoms with Crippen LogP contribution in [0.4, 0.5) is 4.39 Å². The molecule has 0 saturated heterocycles. The molecule has 2 aromatic carbocycles. The summed E-state index contributed by atoms with van der Waals surface area (Å²) in [5.74, 6) is -2.02. The second kappa shape index (κ2) is 7.75. The van der Waals surface area contributed by atoms with Crippen LogP contribution in [0, 0.1) is 17.1 Å². The van der Waals surface area contributed by atoms with Gasteiger partial charge in [0.25, 0.3) is 0 Å². The molecule has 1 heterocycles. The third-order valence-electron chi connectivity index (χ3n) is 4.11. The number of benzene rings is 2. The van der Waals surface area contributed by atoms with Crippen molar-refractivity contribution in [3.63, 3.8) is 0 Å². The molecule has 0 amide bonds. The van der Waals surface area contributed by atoms with E-state index >= 15 is 0 Å². The van der Waals surface area contributed by atoms with Crippen molar-refractivity contribution in [3.05, 3.63) is 88.8 Å². The van der Waals surface area contributed by atoms with Gasteiger partial charge in [0.15, 0.2) is 5.76 Å². The fourth-order valence-electron chi connectivity index (χ4n) is 2.88. The molecular weight excluding hydrogens is 347 g/mol. The summed E-state index contributed by atoms with van der Waals surface area (Å²) in [5.41, 5.74) is 6.99. The Morgan fingerprint density at radius 1 is 1.19 bits per heavy atom. The average Bonchev–Trinajstić information content (AvgIpc) is 2.79. The molecule has 1 atom stereocenters. The van der Waals surface area contributed by atoms with E-state index in [4.69, 9.17) is 15.2 Å². The summed E-state index contributed by atoms with van der Waals surface area (Å²) in [6.45, 7) is 1.96. The van der Waals surface area contributed by atoms with Gasteiger partial charge < -0.3 is 15.2 Å². The van der Waals surface area contributed by atoms with Crippen molar-refractivity contribution in [3.8, 4) is 6.07 Å². The second-order valence-corrected chi connectivity index (χ2v) is 5.80. The number of nitrogens with zero attached hydrogens (tertiary/aromatic N) is 1. The number of halogens is 1. The van der Waals surface area contributed by atoms with E-state index in [-0.39, 0.29) is 29.6 Å². The van der Waals surface area contributed by atoms with Gasteiger partial charge >= 0.3 is 0 Å². The van der Waals surface area contributed by atoms with Crippen molar-refractivity contribution in [1.29, 1.82) is 5.26 Å². The Morgan fingerprint density at radius 3 is 2.44 bits per heavy atom. The van der Waals surface area contributed by atoms with Crippen molar-refractivity contribution in [2.24, 2.45) is 5.73 Å². The third-order valence-corrected chi connectivity index (χ3v) is 4.11. The molecule has 0 spiro atoms. The molecule has 0 aromatic heterocycles. The van der Waals surface area contributed by atoms with Gasteiger partial charge in [0, 0.05) is 5.56 Å². The zero-order valence-corrected chi connectivity index (χ0v) is 14.6. The van der Waals surface area contributed by atoms with E-state index in [0.29, 0.717) is 11.1 Å². The van der Waals surface area contributed by atoms with Gasteiger partial charge in [-0.2, -0.15) is 5.26 Å². The minimum Gasteiger partial charge on any atom is -0.487 e. The number of nitrogens with two attached hydrogens (primary N) is 1. The van der Waals surface area contributed by atoms with E-state index in [1.807, 2.05) is 12.1 Å². The average molecular weight is 364 g/mol. The topological polar surface area (TPSA) is 85.3 Å². The number of nitriles is 1. The summed E-state index contributed by atoms with van der Waals surface area (Å²) in [6, 6.07) is 16.2. The number of ether oxygens (including phenoxy) is 2. The van der Waals surface area contributed by atoms with Crippen molar-refractivity contribution in [1.82, 2.24) is 0 Å². The summed E-state index contributed by atoms with van der Waals surface area (Å²) in [6.07, 6.45) is 0. The number of hydrogen-bond acceptors (Lipinski definition) is 5. The SMILES string of the molecule is CCOC1=C(c2ccccc2)OC(N)=C(C#N)C(c2ccc(F)cc2)C1=O. The summed E-state index contributed by atoms with van der Waals surface area (Å²) in [5, 5.41) is 9.61. The second-order valence-electron chi connectivity index (χ2n) is 5.80. The Morgan fingerprint density at radius 2 is 1.85 bits per heavy atom. The highest BCUT2D eigenvalue weighted by molar-refractivity contribution is 6.06. The molecule has 1 unspecified atom stereocenters. The van der Waals surface area contributed by atoms with Crippen LogP contribution in [0.25, 0.3) is 5.76 Å². The zero-order chi connectivity index (χ0) is 19.4. The quantitative estimate of drug-likeness (QED) is 0.896. The van der Waals surface area contributed by atoms with Crippen LogP contribution in [0.3, 0.4) is 0 Å². The van der Waals surface area contributed by atoms with Crippen LogP contribution in [0.15, 0.2) is 71.8 Å². The molecule has 136 valence electrons. The molecular formula is C21H17FN2O3. The Labute approximate surface area is 156 Å². The van der Waals surface area contributed by atoms with Gasteiger partial charge in [-0.25, -0.2) is 4.39 Å². The fourth-order valence-corrected chi connectivity index (χ4v) is 2.88. The maximum atomic E-state index is 13.3. The van der Waals surface area contributed by atoms with Gasteiger partial charge in [-0.15, -0.1) is 0 Å². The maximum absolute atomic E-state index is 13.3. The van der Waals surface area contributed by atoms with E-state index in [0.717, 1.165) is 0 Å². The highest BCUT2D eigenvalue weighted by Gasteiger charge is 2.37. The van der Waals surface area contributed by atoms with Gasteiger partial charge in [0.1, 0.15) is 17.5 Å². The fraction of sp³-hybridized carbons (Fsp3) is 0.143. The molecule has 0 radical (unpaired) electrons. The molecule has 0 fully saturated rings. The smallest absolute Gasteiger partial charge is 0.214 e. The highest BCUT2D eigenvalue weighted by Crippen LogP contribution is 2.37. The maximum Gasteiger partial charge on any atom is 0.214 e. The standard InChI is InChI=1S/C21H17FN2O3/c1-2-26-20-18(25)17(13-8-10-15(22)11-9-13)16(12-23)21(24)27-19(20)14-6-4-3-5-7-14/h3-11,17H,2,24H2,1H3. The van der Waals surface area contributed by atoms with E-state index in [9.17, 15) is 14.4 Å². The Hall–Kier alpha value is -3.59. The molecule has 27 heavy (non-hydrogen) atoms. The lowest BCUT2D eigenvalue weighted by molar-refractivity contribution is -0.119. The summed E-state index contributed by atoms with van der Waals surface area (Å²) < 4.78 is 24.6. The Bertz CT molecular complexity index is 957. The zero-order valence-electron chi connectivity index (χ0n) is 14.6. The number of carbonyl (C=O) groups is 1. The van der Waals surface area contributed by atoms with Crippen molar-refractivity contribution in [2.45, 2.75) is 12.8 Å². The van der Waals surface area contributed by atoms with Gasteiger partial charge in [0.2, 0.25) is 17.4 Å². The minimum absolute atomic E-state index is 0.0220. The van der Waals surface area contributed by atoms with Crippen molar-refractivity contribution < 1.29 is 18.7 Å². The minimum atomic E-state index is -1.04. The monoisotopic (exact) mass is 364 g/mol. The number of rotatable bonds is 4. The third kappa shape index (κ3) is 3.53. The van der Waals surface area contributed by atoms with E-state index in [1.54, 1.807) is 31.2 Å². The van der Waals surface area contributed by atoms with E-state index < -0.39 is 17.5 Å². The van der Waals surface area contributed by atoms with Gasteiger partial charge in [-0.05, 0) is 24.6 Å². The van der Waals surface area contributed by atoms with Crippen molar-refractivity contribution in [2.75, 3.05) is 6.61 Å². The van der Waals surface area contributed by atoms with Crippen LogP contribution in [0.1, 0.15) is 24.0 Å². The summed E-state index contributed by atoms with van der Waals surface area (Å²) in [4.78, 5) is 13.3. The molecule has 5 nitrogen and oxygen atoms in total. The first-order valence-electron chi connectivity index (χ1n) is 8.36. The molecule has 1 aliphatic rings. The highest BCUT2D eigenvalue weighted by atomic mass is 19.1. The molecule has 0 bridgehead atoms. The molecule has 0 aliphatic carbocycles. The van der Waals surface area contributed by atoms with Gasteiger partial charge in [0.05, 0.1) is 12.5 Å². The first-order valence-corrected chi connectivity index (χ1v) is 8.36. The molecule has 3 rings (SSSR count). The van der Waals surface area contributed by atoms with Crippen LogP contribution in [0.2, 0.25) is 0 Å². The summed E-state index contributed by atoms with van der Waals surface area (Å²) >= 11 is 0. The van der Waals surface area contributed by atoms with Gasteiger partial charge in [-0.1, -0.05) is 42.5 Å². The normalized spacial score (nSPS) is 17.2. The number of Topliss-reactive ketones (excluding diaryl/α,β-unsaturated/α-hetero) is 1. The predicted molar refractivity (Wildman–Crippen MR) is 97.0 cm³/mol. The van der Waals surface area contributed by atoms with Crippen LogP contribution in [0.5, 0.6) is 0 Å². The number of carbonyl (C=O) groups excluding carboxylic acids is 1. The first-order chi connectivity index (χ1) is 13.1. The summed E-state index contributed by atoms with van der Waals surface area (Å²) in [7, 11) is 0. The molecule has 6 heteroatoms. The molecule has 2 N–H and O–H groups in total. The first kappa shape index (κ1) is 18.2. The van der Waals surface area contributed by atoms with Crippen LogP contribution in [-0.2, 0) is 14.3 Å². The molecule has 0 saturated carbocycles. The van der Waals surface area contributed by atoms with Gasteiger partial charge in [-0.3, -0.25) is 4.79 Å².